The molecule has 0 rings (SSSR count). The van der Waals surface area contributed by atoms with Crippen LogP contribution in [0, 0.1) is 5.41 Å². The van der Waals surface area contributed by atoms with Crippen LogP contribution in [-0.2, 0) is 15.6 Å². The van der Waals surface area contributed by atoms with Gasteiger partial charge in [-0.25, -0.2) is 0 Å². The van der Waals surface area contributed by atoms with E-state index in [2.05, 4.69) is 13.8 Å². The number of rotatable bonds is 8. The molecule has 0 aromatic heterocycles. The normalized spacial score (nSPS) is 13.5. The molecule has 0 aromatic carbocycles. The summed E-state index contributed by atoms with van der Waals surface area (Å²) >= 11 is 0. The van der Waals surface area contributed by atoms with E-state index in [9.17, 15) is 9.00 Å². The zero-order valence-corrected chi connectivity index (χ0v) is 12.3. The fraction of sp³-hybridized carbons (Fsp3) is 0.917. The molecule has 0 aliphatic carbocycles. The molecule has 5 heteroatoms. The van der Waals surface area contributed by atoms with Gasteiger partial charge in [0.15, 0.2) is 0 Å². The minimum atomic E-state index is -1.07. The molecule has 1 atom stereocenters. The summed E-state index contributed by atoms with van der Waals surface area (Å²) in [4.78, 5) is 13.4. The van der Waals surface area contributed by atoms with Gasteiger partial charge in [-0.2, -0.15) is 0 Å². The fourth-order valence-corrected chi connectivity index (χ4v) is 2.75. The molecule has 0 heterocycles. The van der Waals surface area contributed by atoms with E-state index in [1.807, 2.05) is 13.8 Å². The third-order valence-corrected chi connectivity index (χ3v) is 4.19. The molecule has 102 valence electrons. The summed E-state index contributed by atoms with van der Waals surface area (Å²) in [6.45, 7) is 9.91. The zero-order valence-electron chi connectivity index (χ0n) is 11.5. The van der Waals surface area contributed by atoms with Gasteiger partial charge in [-0.3, -0.25) is 9.00 Å². The lowest BCUT2D eigenvalue weighted by Crippen LogP contribution is -2.35. The standard InChI is InChI=1S/C12H26N2O2S/c1-5-14(6-2)11(15)9-17(16)8-7-12(3,4)10-13/h5-10,13H2,1-4H3. The molecule has 0 spiro atoms. The van der Waals surface area contributed by atoms with Crippen molar-refractivity contribution >= 4 is 16.7 Å². The monoisotopic (exact) mass is 262 g/mol. The number of nitrogens with zero attached hydrogens (tertiary/aromatic N) is 1. The largest absolute Gasteiger partial charge is 0.342 e. The first kappa shape index (κ1) is 16.6. The lowest BCUT2D eigenvalue weighted by atomic mass is 9.91. The van der Waals surface area contributed by atoms with Gasteiger partial charge in [-0.15, -0.1) is 0 Å². The Hall–Kier alpha value is -0.420. The van der Waals surface area contributed by atoms with Gasteiger partial charge in [0.05, 0.1) is 0 Å². The maximum atomic E-state index is 11.8. The summed E-state index contributed by atoms with van der Waals surface area (Å²) in [5.41, 5.74) is 5.62. The van der Waals surface area contributed by atoms with E-state index < -0.39 is 10.8 Å². The van der Waals surface area contributed by atoms with Crippen LogP contribution in [0.15, 0.2) is 0 Å². The smallest absolute Gasteiger partial charge is 0.235 e. The van der Waals surface area contributed by atoms with E-state index in [-0.39, 0.29) is 17.1 Å². The maximum Gasteiger partial charge on any atom is 0.235 e. The summed E-state index contributed by atoms with van der Waals surface area (Å²) in [5.74, 6) is 0.679. The van der Waals surface area contributed by atoms with Crippen LogP contribution in [0.5, 0.6) is 0 Å². The SMILES string of the molecule is CCN(CC)C(=O)CS(=O)CCC(C)(C)CN. The minimum Gasteiger partial charge on any atom is -0.342 e. The third kappa shape index (κ3) is 6.78. The van der Waals surface area contributed by atoms with Gasteiger partial charge >= 0.3 is 0 Å². The first-order valence-corrected chi connectivity index (χ1v) is 7.68. The lowest BCUT2D eigenvalue weighted by molar-refractivity contribution is -0.128. The van der Waals surface area contributed by atoms with Crippen molar-refractivity contribution in [2.75, 3.05) is 31.1 Å². The van der Waals surface area contributed by atoms with E-state index in [4.69, 9.17) is 5.73 Å². The Morgan fingerprint density at radius 3 is 2.24 bits per heavy atom. The number of nitrogens with two attached hydrogens (primary N) is 1. The molecule has 0 fully saturated rings. The van der Waals surface area contributed by atoms with Crippen LogP contribution in [0.2, 0.25) is 0 Å². The Kier molecular flexibility index (Phi) is 7.63. The van der Waals surface area contributed by atoms with Gasteiger partial charge in [-0.1, -0.05) is 13.8 Å². The number of hydrogen-bond acceptors (Lipinski definition) is 3. The van der Waals surface area contributed by atoms with E-state index >= 15 is 0 Å². The molecule has 0 aliphatic heterocycles. The lowest BCUT2D eigenvalue weighted by Gasteiger charge is -2.22. The van der Waals surface area contributed by atoms with Crippen molar-refractivity contribution in [2.24, 2.45) is 11.1 Å². The summed E-state index contributed by atoms with van der Waals surface area (Å²) in [6.07, 6.45) is 0.793. The third-order valence-electron chi connectivity index (χ3n) is 2.96. The molecule has 0 saturated carbocycles. The number of carbonyl (C=O) groups excluding carboxylic acids is 1. The predicted octanol–water partition coefficient (Wildman–Crippen LogP) is 0.979. The molecule has 0 aliphatic rings. The first-order chi connectivity index (χ1) is 7.86. The number of carbonyl (C=O) groups is 1. The van der Waals surface area contributed by atoms with E-state index in [0.29, 0.717) is 25.4 Å². The Labute approximate surface area is 107 Å². The molecule has 0 radical (unpaired) electrons. The van der Waals surface area contributed by atoms with Crippen LogP contribution >= 0.6 is 0 Å². The fourth-order valence-electron chi connectivity index (χ4n) is 1.37. The highest BCUT2D eigenvalue weighted by molar-refractivity contribution is 7.85. The van der Waals surface area contributed by atoms with Crippen LogP contribution in [0.1, 0.15) is 34.1 Å². The van der Waals surface area contributed by atoms with Crippen molar-refractivity contribution in [1.29, 1.82) is 0 Å². The Morgan fingerprint density at radius 1 is 1.29 bits per heavy atom. The van der Waals surface area contributed by atoms with Gasteiger partial charge in [0.25, 0.3) is 0 Å². The molecule has 17 heavy (non-hydrogen) atoms. The highest BCUT2D eigenvalue weighted by Gasteiger charge is 2.19. The number of hydrogen-bond donors (Lipinski definition) is 1. The van der Waals surface area contributed by atoms with Crippen LogP contribution in [0.4, 0.5) is 0 Å². The second-order valence-corrected chi connectivity index (χ2v) is 6.55. The predicted molar refractivity (Wildman–Crippen MR) is 73.3 cm³/mol. The number of amides is 1. The molecule has 2 N–H and O–H groups in total. The van der Waals surface area contributed by atoms with Gasteiger partial charge in [0, 0.05) is 29.6 Å². The van der Waals surface area contributed by atoms with Gasteiger partial charge in [-0.05, 0) is 32.2 Å². The summed E-state index contributed by atoms with van der Waals surface area (Å²) in [6, 6.07) is 0. The van der Waals surface area contributed by atoms with Gasteiger partial charge in [0.2, 0.25) is 5.91 Å². The summed E-state index contributed by atoms with van der Waals surface area (Å²) in [5, 5.41) is 0. The van der Waals surface area contributed by atoms with Crippen LogP contribution in [0.3, 0.4) is 0 Å². The van der Waals surface area contributed by atoms with Crippen molar-refractivity contribution in [1.82, 2.24) is 4.90 Å². The van der Waals surface area contributed by atoms with Crippen LogP contribution in [0.25, 0.3) is 0 Å². The summed E-state index contributed by atoms with van der Waals surface area (Å²) in [7, 11) is -1.07. The van der Waals surface area contributed by atoms with Gasteiger partial charge < -0.3 is 10.6 Å². The molecular formula is C12H26N2O2S. The van der Waals surface area contributed by atoms with E-state index in [1.165, 1.54) is 0 Å². The van der Waals surface area contributed by atoms with Crippen molar-refractivity contribution < 1.29 is 9.00 Å². The second kappa shape index (κ2) is 7.82. The van der Waals surface area contributed by atoms with Crippen LogP contribution < -0.4 is 5.73 Å². The highest BCUT2D eigenvalue weighted by Crippen LogP contribution is 2.18. The maximum absolute atomic E-state index is 11.8. The van der Waals surface area contributed by atoms with E-state index in [1.54, 1.807) is 4.90 Å². The molecule has 0 saturated heterocycles. The molecule has 4 nitrogen and oxygen atoms in total. The van der Waals surface area contributed by atoms with Crippen molar-refractivity contribution in [2.45, 2.75) is 34.1 Å². The van der Waals surface area contributed by atoms with Gasteiger partial charge in [0.1, 0.15) is 5.75 Å². The van der Waals surface area contributed by atoms with Crippen molar-refractivity contribution in [3.8, 4) is 0 Å². The minimum absolute atomic E-state index is 0.00784. The van der Waals surface area contributed by atoms with Crippen molar-refractivity contribution in [3.05, 3.63) is 0 Å². The Morgan fingerprint density at radius 2 is 1.82 bits per heavy atom. The topological polar surface area (TPSA) is 63.4 Å². The molecule has 1 unspecified atom stereocenters. The Balaban J connectivity index is 4.06. The van der Waals surface area contributed by atoms with Crippen LogP contribution in [-0.4, -0.2) is 46.2 Å². The Bertz CT molecular complexity index is 263. The average Bonchev–Trinajstić information content (AvgIpc) is 2.28. The van der Waals surface area contributed by atoms with Crippen molar-refractivity contribution in [3.63, 3.8) is 0 Å². The zero-order chi connectivity index (χ0) is 13.5. The summed E-state index contributed by atoms with van der Waals surface area (Å²) < 4.78 is 11.8. The molecule has 0 bridgehead atoms. The first-order valence-electron chi connectivity index (χ1n) is 6.19. The molecular weight excluding hydrogens is 236 g/mol. The molecule has 1 amide bonds. The second-order valence-electron chi connectivity index (χ2n) is 4.97. The average molecular weight is 262 g/mol. The highest BCUT2D eigenvalue weighted by atomic mass is 32.2. The quantitative estimate of drug-likeness (QED) is 0.709. The molecule has 0 aromatic rings. The van der Waals surface area contributed by atoms with E-state index in [0.717, 1.165) is 6.42 Å².